The fraction of sp³-hybridized carbons (Fsp3) is 0.217. The number of hydrazone groups is 1. The highest BCUT2D eigenvalue weighted by atomic mass is 16.3. The number of anilines is 4. The lowest BCUT2D eigenvalue weighted by molar-refractivity contribution is 0.145. The lowest BCUT2D eigenvalue weighted by Crippen LogP contribution is -2.36. The smallest absolute Gasteiger partial charge is 0.227 e. The van der Waals surface area contributed by atoms with E-state index in [-0.39, 0.29) is 6.10 Å². The third kappa shape index (κ3) is 5.25. The number of nitrogens with zero attached hydrogens (tertiary/aromatic N) is 5. The molecular formula is C23H27N9O. The van der Waals surface area contributed by atoms with Gasteiger partial charge < -0.3 is 21.1 Å². The lowest BCUT2D eigenvalue weighted by atomic mass is 10.0. The summed E-state index contributed by atoms with van der Waals surface area (Å²) >= 11 is 0. The molecule has 1 aromatic heterocycles. The van der Waals surface area contributed by atoms with Gasteiger partial charge in [-0.05, 0) is 62.0 Å². The van der Waals surface area contributed by atoms with Crippen LogP contribution in [0, 0.1) is 0 Å². The summed E-state index contributed by atoms with van der Waals surface area (Å²) in [5.41, 5.74) is 13.5. The van der Waals surface area contributed by atoms with Crippen molar-refractivity contribution in [2.75, 3.05) is 29.0 Å². The highest BCUT2D eigenvalue weighted by Gasteiger charge is 2.19. The van der Waals surface area contributed by atoms with Crippen LogP contribution >= 0.6 is 0 Å². The van der Waals surface area contributed by atoms with Gasteiger partial charge in [0, 0.05) is 36.1 Å². The molecule has 10 heteroatoms. The number of nitrogen functional groups attached to an aromatic ring is 1. The zero-order valence-electron chi connectivity index (χ0n) is 18.1. The van der Waals surface area contributed by atoms with E-state index >= 15 is 0 Å². The molecule has 0 atom stereocenters. The minimum Gasteiger partial charge on any atom is -0.397 e. The van der Waals surface area contributed by atoms with Gasteiger partial charge in [0.15, 0.2) is 5.84 Å². The van der Waals surface area contributed by atoms with Gasteiger partial charge in [-0.3, -0.25) is 0 Å². The second kappa shape index (κ2) is 10.1. The van der Waals surface area contributed by atoms with Crippen molar-refractivity contribution in [3.63, 3.8) is 0 Å². The van der Waals surface area contributed by atoms with E-state index in [1.807, 2.05) is 48.5 Å². The molecule has 0 unspecified atom stereocenters. The van der Waals surface area contributed by atoms with Crippen molar-refractivity contribution in [1.82, 2.24) is 15.5 Å². The van der Waals surface area contributed by atoms with Crippen LogP contribution in [0.25, 0.3) is 11.3 Å². The summed E-state index contributed by atoms with van der Waals surface area (Å²) in [5.74, 6) is 6.08. The molecule has 0 bridgehead atoms. The molecule has 0 aliphatic carbocycles. The van der Waals surface area contributed by atoms with Crippen LogP contribution in [0.15, 0.2) is 64.8 Å². The first-order chi connectivity index (χ1) is 16.1. The number of piperidine rings is 1. The van der Waals surface area contributed by atoms with Crippen molar-refractivity contribution in [2.45, 2.75) is 18.9 Å². The Hall–Kier alpha value is -4.02. The number of nitrogens with two attached hydrogens (primary N) is 2. The lowest BCUT2D eigenvalue weighted by Gasteiger charge is -2.32. The van der Waals surface area contributed by atoms with Crippen LogP contribution in [0.3, 0.4) is 0 Å². The van der Waals surface area contributed by atoms with Crippen molar-refractivity contribution in [1.29, 1.82) is 0 Å². The summed E-state index contributed by atoms with van der Waals surface area (Å²) in [6.45, 7) is 5.08. The average molecular weight is 446 g/mol. The van der Waals surface area contributed by atoms with E-state index in [0.717, 1.165) is 54.1 Å². The first-order valence-electron chi connectivity index (χ1n) is 10.6. The Bertz CT molecular complexity index is 1140. The van der Waals surface area contributed by atoms with Gasteiger partial charge in [-0.15, -0.1) is 5.10 Å². The van der Waals surface area contributed by atoms with E-state index in [9.17, 15) is 5.11 Å². The number of aliphatic hydroxyl groups excluding tert-OH is 1. The Morgan fingerprint density at radius 1 is 1.12 bits per heavy atom. The molecule has 170 valence electrons. The summed E-state index contributed by atoms with van der Waals surface area (Å²) in [6.07, 6.45) is 2.99. The molecule has 1 aliphatic heterocycles. The molecule has 1 fully saturated rings. The Kier molecular flexibility index (Phi) is 6.77. The molecule has 1 aliphatic rings. The molecule has 4 rings (SSSR count). The predicted octanol–water partition coefficient (Wildman–Crippen LogP) is 2.26. The number of nitrogens with one attached hydrogen (secondary N) is 2. The van der Waals surface area contributed by atoms with E-state index in [0.29, 0.717) is 17.5 Å². The van der Waals surface area contributed by atoms with Gasteiger partial charge in [0.25, 0.3) is 0 Å². The third-order valence-electron chi connectivity index (χ3n) is 5.50. The number of aliphatic hydroxyl groups is 1. The summed E-state index contributed by atoms with van der Waals surface area (Å²) in [4.78, 5) is 15.0. The second-order valence-corrected chi connectivity index (χ2v) is 7.68. The zero-order valence-corrected chi connectivity index (χ0v) is 18.1. The van der Waals surface area contributed by atoms with E-state index < -0.39 is 0 Å². The van der Waals surface area contributed by atoms with E-state index in [1.54, 1.807) is 6.20 Å². The first-order valence-corrected chi connectivity index (χ1v) is 10.6. The minimum atomic E-state index is -0.221. The van der Waals surface area contributed by atoms with Gasteiger partial charge in [-0.2, -0.15) is 0 Å². The van der Waals surface area contributed by atoms with Crippen molar-refractivity contribution < 1.29 is 5.11 Å². The molecule has 1 saturated heterocycles. The van der Waals surface area contributed by atoms with Crippen LogP contribution in [0.5, 0.6) is 0 Å². The second-order valence-electron chi connectivity index (χ2n) is 7.68. The topological polar surface area (TPSA) is 150 Å². The molecule has 0 amide bonds. The van der Waals surface area contributed by atoms with Gasteiger partial charge in [0.2, 0.25) is 5.95 Å². The fourth-order valence-corrected chi connectivity index (χ4v) is 3.77. The maximum atomic E-state index is 9.74. The van der Waals surface area contributed by atoms with Crippen LogP contribution in [-0.4, -0.2) is 46.8 Å². The van der Waals surface area contributed by atoms with Gasteiger partial charge in [0.05, 0.1) is 23.2 Å². The first kappa shape index (κ1) is 22.2. The van der Waals surface area contributed by atoms with Gasteiger partial charge in [0.1, 0.15) is 0 Å². The number of benzene rings is 2. The molecule has 7 N–H and O–H groups in total. The molecule has 33 heavy (non-hydrogen) atoms. The van der Waals surface area contributed by atoms with Crippen LogP contribution in [0.4, 0.5) is 23.0 Å². The molecule has 0 spiro atoms. The Morgan fingerprint density at radius 3 is 2.55 bits per heavy atom. The standard InChI is InChI=1S/C23H27N9O/c1-26-22(30-31-25)15-2-5-17(6-3-15)28-23-27-11-8-20(29-23)16-4-7-21(19(24)14-16)32-12-9-18(33)10-13-32/h2-8,11,14,18,31,33H,1,9-10,12-13,24-25H2,(H,27,28,29)/b30-22-. The van der Waals surface area contributed by atoms with Crippen molar-refractivity contribution >= 4 is 35.6 Å². The number of hydrogen-bond donors (Lipinski definition) is 5. The summed E-state index contributed by atoms with van der Waals surface area (Å²) in [5, 5.41) is 16.8. The molecule has 2 aromatic carbocycles. The van der Waals surface area contributed by atoms with Gasteiger partial charge in [-0.1, -0.05) is 6.07 Å². The maximum absolute atomic E-state index is 9.74. The van der Waals surface area contributed by atoms with Crippen molar-refractivity contribution in [3.8, 4) is 11.3 Å². The number of amidine groups is 1. The largest absolute Gasteiger partial charge is 0.397 e. The molecular weight excluding hydrogens is 418 g/mol. The number of aromatic nitrogens is 2. The Balaban J connectivity index is 1.49. The predicted molar refractivity (Wildman–Crippen MR) is 132 cm³/mol. The molecule has 10 nitrogen and oxygen atoms in total. The van der Waals surface area contributed by atoms with Crippen LogP contribution in [-0.2, 0) is 0 Å². The molecule has 0 saturated carbocycles. The highest BCUT2D eigenvalue weighted by molar-refractivity contribution is 6.01. The summed E-state index contributed by atoms with van der Waals surface area (Å²) < 4.78 is 0. The van der Waals surface area contributed by atoms with Crippen molar-refractivity contribution in [2.24, 2.45) is 15.9 Å². The van der Waals surface area contributed by atoms with Crippen LogP contribution in [0.1, 0.15) is 18.4 Å². The zero-order chi connectivity index (χ0) is 23.2. The number of rotatable bonds is 6. The van der Waals surface area contributed by atoms with Crippen LogP contribution < -0.4 is 27.3 Å². The number of aliphatic imine (C=N–C) groups is 1. The van der Waals surface area contributed by atoms with Crippen molar-refractivity contribution in [3.05, 3.63) is 60.3 Å². The number of hydrogen-bond acceptors (Lipinski definition) is 9. The SMILES string of the molecule is C=N/C(=N\NN)c1ccc(Nc2nccc(-c3ccc(N4CCC(O)CC4)c(N)c3)n2)cc1. The monoisotopic (exact) mass is 445 g/mol. The summed E-state index contributed by atoms with van der Waals surface area (Å²) in [7, 11) is 0. The van der Waals surface area contributed by atoms with E-state index in [2.05, 4.69) is 42.5 Å². The molecule has 2 heterocycles. The average Bonchev–Trinajstić information content (AvgIpc) is 2.84. The molecule has 0 radical (unpaired) electrons. The minimum absolute atomic E-state index is 0.221. The van der Waals surface area contributed by atoms with E-state index in [4.69, 9.17) is 11.6 Å². The Labute approximate surface area is 192 Å². The Morgan fingerprint density at radius 2 is 1.88 bits per heavy atom. The number of hydrazine groups is 1. The maximum Gasteiger partial charge on any atom is 0.227 e. The van der Waals surface area contributed by atoms with E-state index in [1.165, 1.54) is 0 Å². The molecule has 3 aromatic rings. The fourth-order valence-electron chi connectivity index (χ4n) is 3.77. The summed E-state index contributed by atoms with van der Waals surface area (Å²) in [6, 6.07) is 15.2. The van der Waals surface area contributed by atoms with Crippen LogP contribution in [0.2, 0.25) is 0 Å². The van der Waals surface area contributed by atoms with Gasteiger partial charge in [-0.25, -0.2) is 26.3 Å². The third-order valence-corrected chi connectivity index (χ3v) is 5.50. The van der Waals surface area contributed by atoms with Gasteiger partial charge >= 0.3 is 0 Å². The quantitative estimate of drug-likeness (QED) is 0.127. The normalized spacial score (nSPS) is 14.7. The highest BCUT2D eigenvalue weighted by Crippen LogP contribution is 2.31.